The molecule has 20 heavy (non-hydrogen) atoms. The number of nitrogens with zero attached hydrogens (tertiary/aromatic N) is 3. The molecule has 0 aliphatic heterocycles. The number of rotatable bonds is 3. The van der Waals surface area contributed by atoms with E-state index in [0.717, 1.165) is 27.9 Å². The molecule has 0 spiro atoms. The lowest BCUT2D eigenvalue weighted by atomic mass is 10.0. The van der Waals surface area contributed by atoms with Crippen LogP contribution in [0.3, 0.4) is 0 Å². The van der Waals surface area contributed by atoms with Crippen LogP contribution in [0.25, 0.3) is 0 Å². The van der Waals surface area contributed by atoms with E-state index < -0.39 is 0 Å². The van der Waals surface area contributed by atoms with E-state index in [1.807, 2.05) is 63.9 Å². The Morgan fingerprint density at radius 1 is 1.30 bits per heavy atom. The molecule has 0 N–H and O–H groups in total. The van der Waals surface area contributed by atoms with Gasteiger partial charge in [-0.3, -0.25) is 9.48 Å². The molecule has 0 bridgehead atoms. The van der Waals surface area contributed by atoms with E-state index in [2.05, 4.69) is 5.10 Å². The average Bonchev–Trinajstić information content (AvgIpc) is 2.72. The molecule has 0 radical (unpaired) electrons. The van der Waals surface area contributed by atoms with Gasteiger partial charge < -0.3 is 4.90 Å². The molecule has 0 aliphatic carbocycles. The SMILES string of the molecule is Cc1ccc(C)c(C(=O)N(C)Cc2cnn(C)c2C)c1. The molecule has 0 saturated heterocycles. The summed E-state index contributed by atoms with van der Waals surface area (Å²) in [5, 5.41) is 4.21. The summed E-state index contributed by atoms with van der Waals surface area (Å²) in [5.74, 6) is 0.0504. The zero-order valence-electron chi connectivity index (χ0n) is 12.8. The maximum absolute atomic E-state index is 12.5. The summed E-state index contributed by atoms with van der Waals surface area (Å²) >= 11 is 0. The fourth-order valence-corrected chi connectivity index (χ4v) is 2.20. The molecule has 0 saturated carbocycles. The quantitative estimate of drug-likeness (QED) is 0.860. The molecule has 0 atom stereocenters. The Balaban J connectivity index is 2.20. The van der Waals surface area contributed by atoms with Crippen molar-refractivity contribution in [1.29, 1.82) is 0 Å². The van der Waals surface area contributed by atoms with Gasteiger partial charge in [-0.2, -0.15) is 5.10 Å². The highest BCUT2D eigenvalue weighted by Crippen LogP contribution is 2.15. The molecule has 1 aromatic heterocycles. The van der Waals surface area contributed by atoms with Gasteiger partial charge in [-0.15, -0.1) is 0 Å². The zero-order valence-corrected chi connectivity index (χ0v) is 12.8. The predicted octanol–water partition coefficient (Wildman–Crippen LogP) is 2.62. The minimum absolute atomic E-state index is 0.0504. The molecule has 0 unspecified atom stereocenters. The molecule has 1 amide bonds. The third-order valence-corrected chi connectivity index (χ3v) is 3.71. The summed E-state index contributed by atoms with van der Waals surface area (Å²) in [6.07, 6.45) is 1.82. The van der Waals surface area contributed by atoms with E-state index in [-0.39, 0.29) is 5.91 Å². The van der Waals surface area contributed by atoms with Gasteiger partial charge in [0.2, 0.25) is 0 Å². The van der Waals surface area contributed by atoms with Crippen LogP contribution < -0.4 is 0 Å². The number of aromatic nitrogens is 2. The van der Waals surface area contributed by atoms with Crippen molar-refractivity contribution in [3.05, 3.63) is 52.3 Å². The molecule has 106 valence electrons. The molecule has 1 heterocycles. The first-order chi connectivity index (χ1) is 9.40. The third-order valence-electron chi connectivity index (χ3n) is 3.71. The van der Waals surface area contributed by atoms with Crippen LogP contribution >= 0.6 is 0 Å². The molecule has 2 rings (SSSR count). The number of carbonyl (C=O) groups excluding carboxylic acids is 1. The van der Waals surface area contributed by atoms with Crippen LogP contribution in [0.4, 0.5) is 0 Å². The second-order valence-corrected chi connectivity index (χ2v) is 5.36. The van der Waals surface area contributed by atoms with E-state index in [4.69, 9.17) is 0 Å². The Bertz CT molecular complexity index is 643. The Morgan fingerprint density at radius 2 is 2.00 bits per heavy atom. The van der Waals surface area contributed by atoms with Crippen LogP contribution in [0.2, 0.25) is 0 Å². The van der Waals surface area contributed by atoms with Crippen molar-refractivity contribution >= 4 is 5.91 Å². The maximum Gasteiger partial charge on any atom is 0.254 e. The van der Waals surface area contributed by atoms with Crippen LogP contribution in [-0.2, 0) is 13.6 Å². The lowest BCUT2D eigenvalue weighted by molar-refractivity contribution is 0.0784. The largest absolute Gasteiger partial charge is 0.337 e. The van der Waals surface area contributed by atoms with Gasteiger partial charge in [0, 0.05) is 37.5 Å². The zero-order chi connectivity index (χ0) is 14.9. The fraction of sp³-hybridized carbons (Fsp3) is 0.375. The molecule has 2 aromatic rings. The van der Waals surface area contributed by atoms with Crippen molar-refractivity contribution < 1.29 is 4.79 Å². The lowest BCUT2D eigenvalue weighted by Gasteiger charge is -2.18. The Labute approximate surface area is 120 Å². The summed E-state index contributed by atoms with van der Waals surface area (Å²) < 4.78 is 1.82. The van der Waals surface area contributed by atoms with Crippen LogP contribution in [-0.4, -0.2) is 27.6 Å². The van der Waals surface area contributed by atoms with Gasteiger partial charge in [0.25, 0.3) is 5.91 Å². The van der Waals surface area contributed by atoms with E-state index in [1.54, 1.807) is 4.90 Å². The first-order valence-corrected chi connectivity index (χ1v) is 6.70. The molecule has 0 fully saturated rings. The van der Waals surface area contributed by atoms with Gasteiger partial charge >= 0.3 is 0 Å². The van der Waals surface area contributed by atoms with Crippen LogP contribution in [0.5, 0.6) is 0 Å². The molecular weight excluding hydrogens is 250 g/mol. The van der Waals surface area contributed by atoms with Gasteiger partial charge in [-0.1, -0.05) is 17.7 Å². The smallest absolute Gasteiger partial charge is 0.254 e. The van der Waals surface area contributed by atoms with Gasteiger partial charge in [0.1, 0.15) is 0 Å². The first-order valence-electron chi connectivity index (χ1n) is 6.70. The second-order valence-electron chi connectivity index (χ2n) is 5.36. The van der Waals surface area contributed by atoms with Crippen LogP contribution in [0, 0.1) is 20.8 Å². The van der Waals surface area contributed by atoms with Crippen molar-refractivity contribution in [2.24, 2.45) is 7.05 Å². The van der Waals surface area contributed by atoms with Crippen LogP contribution in [0.1, 0.15) is 32.7 Å². The molecule has 0 aliphatic rings. The maximum atomic E-state index is 12.5. The van der Waals surface area contributed by atoms with Gasteiger partial charge in [-0.05, 0) is 32.4 Å². The minimum Gasteiger partial charge on any atom is -0.337 e. The van der Waals surface area contributed by atoms with Crippen molar-refractivity contribution in [2.45, 2.75) is 27.3 Å². The number of hydrogen-bond donors (Lipinski definition) is 0. The monoisotopic (exact) mass is 271 g/mol. The lowest BCUT2D eigenvalue weighted by Crippen LogP contribution is -2.27. The van der Waals surface area contributed by atoms with Gasteiger partial charge in [-0.25, -0.2) is 0 Å². The molecular formula is C16H21N3O. The highest BCUT2D eigenvalue weighted by atomic mass is 16.2. The number of hydrogen-bond acceptors (Lipinski definition) is 2. The summed E-state index contributed by atoms with van der Waals surface area (Å²) in [5.41, 5.74) is 5.05. The molecule has 4 nitrogen and oxygen atoms in total. The summed E-state index contributed by atoms with van der Waals surface area (Å²) in [4.78, 5) is 14.3. The standard InChI is InChI=1S/C16H21N3O/c1-11-6-7-12(2)15(8-11)16(20)18(4)10-14-9-17-19(5)13(14)3/h6-9H,10H2,1-5H3. The highest BCUT2D eigenvalue weighted by molar-refractivity contribution is 5.95. The van der Waals surface area contributed by atoms with Gasteiger partial charge in [0.15, 0.2) is 0 Å². The number of aryl methyl sites for hydroxylation is 3. The Morgan fingerprint density at radius 3 is 2.60 bits per heavy atom. The van der Waals surface area contributed by atoms with E-state index in [9.17, 15) is 4.79 Å². The highest BCUT2D eigenvalue weighted by Gasteiger charge is 2.16. The van der Waals surface area contributed by atoms with Crippen molar-refractivity contribution in [1.82, 2.24) is 14.7 Å². The predicted molar refractivity (Wildman–Crippen MR) is 79.7 cm³/mol. The summed E-state index contributed by atoms with van der Waals surface area (Å²) in [6.45, 7) is 6.56. The molecule has 1 aromatic carbocycles. The number of amides is 1. The Hall–Kier alpha value is -2.10. The fourth-order valence-electron chi connectivity index (χ4n) is 2.20. The minimum atomic E-state index is 0.0504. The van der Waals surface area contributed by atoms with Crippen molar-refractivity contribution in [2.75, 3.05) is 7.05 Å². The summed E-state index contributed by atoms with van der Waals surface area (Å²) in [7, 11) is 3.74. The first kappa shape index (κ1) is 14.3. The van der Waals surface area contributed by atoms with Crippen LogP contribution in [0.15, 0.2) is 24.4 Å². The van der Waals surface area contributed by atoms with Crippen molar-refractivity contribution in [3.63, 3.8) is 0 Å². The van der Waals surface area contributed by atoms with Gasteiger partial charge in [0.05, 0.1) is 6.20 Å². The summed E-state index contributed by atoms with van der Waals surface area (Å²) in [6, 6.07) is 5.97. The topological polar surface area (TPSA) is 38.1 Å². The van der Waals surface area contributed by atoms with E-state index in [1.165, 1.54) is 0 Å². The average molecular weight is 271 g/mol. The number of carbonyl (C=O) groups is 1. The molecule has 4 heteroatoms. The number of benzene rings is 1. The normalized spacial score (nSPS) is 10.7. The van der Waals surface area contributed by atoms with Crippen molar-refractivity contribution in [3.8, 4) is 0 Å². The second kappa shape index (κ2) is 5.49. The third kappa shape index (κ3) is 2.74. The van der Waals surface area contributed by atoms with E-state index in [0.29, 0.717) is 6.54 Å². The Kier molecular flexibility index (Phi) is 3.93. The van der Waals surface area contributed by atoms with E-state index >= 15 is 0 Å².